The molecule has 4 heterocycles. The Labute approximate surface area is 258 Å². The number of benzene rings is 2. The van der Waals surface area contributed by atoms with Crippen molar-refractivity contribution in [2.75, 3.05) is 33.9 Å². The first-order valence-electron chi connectivity index (χ1n) is 14.5. The molecule has 1 fully saturated rings. The number of fused-ring (bicyclic) bond motifs is 1. The number of amides is 3. The predicted octanol–water partition coefficient (Wildman–Crippen LogP) is 2.81. The van der Waals surface area contributed by atoms with Gasteiger partial charge in [0.1, 0.15) is 5.82 Å². The summed E-state index contributed by atoms with van der Waals surface area (Å²) in [7, 11) is 3.32. The summed E-state index contributed by atoms with van der Waals surface area (Å²) in [5, 5.41) is 15.3. The number of nitrogens with zero attached hydrogens (tertiary/aromatic N) is 4. The largest absolute Gasteiger partial charge is 0.478 e. The Kier molecular flexibility index (Phi) is 8.06. The molecule has 0 spiro atoms. The molecule has 3 N–H and O–H groups in total. The molecule has 0 aliphatic carbocycles. The van der Waals surface area contributed by atoms with Crippen LogP contribution in [-0.2, 0) is 14.2 Å². The zero-order chi connectivity index (χ0) is 31.8. The molecule has 4 atom stereocenters. The maximum Gasteiger partial charge on any atom is 0.336 e. The highest BCUT2D eigenvalue weighted by molar-refractivity contribution is 6.05. The van der Waals surface area contributed by atoms with E-state index in [-0.39, 0.29) is 24.4 Å². The van der Waals surface area contributed by atoms with Crippen LogP contribution in [0.1, 0.15) is 45.9 Å². The second-order valence-electron chi connectivity index (χ2n) is 11.0. The number of halogens is 1. The van der Waals surface area contributed by atoms with Crippen molar-refractivity contribution in [1.29, 1.82) is 0 Å². The first-order chi connectivity index (χ1) is 21.7. The predicted molar refractivity (Wildman–Crippen MR) is 158 cm³/mol. The van der Waals surface area contributed by atoms with E-state index in [9.17, 15) is 23.9 Å². The van der Waals surface area contributed by atoms with Gasteiger partial charge in [-0.2, -0.15) is 0 Å². The zero-order valence-electron chi connectivity index (χ0n) is 24.9. The van der Waals surface area contributed by atoms with Crippen LogP contribution in [0.5, 0.6) is 0 Å². The second-order valence-corrected chi connectivity index (χ2v) is 11.0. The van der Waals surface area contributed by atoms with E-state index in [2.05, 4.69) is 15.6 Å². The molecule has 3 unspecified atom stereocenters. The van der Waals surface area contributed by atoms with Gasteiger partial charge in [-0.25, -0.2) is 19.0 Å². The van der Waals surface area contributed by atoms with Gasteiger partial charge < -0.3 is 39.8 Å². The quantitative estimate of drug-likeness (QED) is 0.406. The Morgan fingerprint density at radius 3 is 2.64 bits per heavy atom. The summed E-state index contributed by atoms with van der Waals surface area (Å²) in [6, 6.07) is 12.2. The smallest absolute Gasteiger partial charge is 0.336 e. The molecule has 0 aromatic heterocycles. The van der Waals surface area contributed by atoms with Crippen molar-refractivity contribution in [3.8, 4) is 0 Å². The highest BCUT2D eigenvalue weighted by atomic mass is 19.1. The van der Waals surface area contributed by atoms with Crippen LogP contribution in [0.3, 0.4) is 0 Å². The average Bonchev–Trinajstić information content (AvgIpc) is 3.70. The van der Waals surface area contributed by atoms with Crippen LogP contribution in [-0.4, -0.2) is 96.2 Å². The summed E-state index contributed by atoms with van der Waals surface area (Å²) in [5.74, 6) is -1.94. The molecule has 2 aromatic carbocycles. The van der Waals surface area contributed by atoms with E-state index in [1.54, 1.807) is 6.21 Å². The molecular formula is C31H33FN6O7. The fourth-order valence-electron chi connectivity index (χ4n) is 5.89. The van der Waals surface area contributed by atoms with Crippen molar-refractivity contribution in [1.82, 2.24) is 25.3 Å². The number of hydrogen-bond donors (Lipinski definition) is 3. The van der Waals surface area contributed by atoms with Crippen LogP contribution in [0.4, 0.5) is 9.18 Å². The number of ether oxygens (including phenoxy) is 3. The third kappa shape index (κ3) is 5.52. The Hall–Kier alpha value is -5.11. The maximum absolute atomic E-state index is 14.7. The topological polar surface area (TPSA) is 145 Å². The Morgan fingerprint density at radius 1 is 1.13 bits per heavy atom. The minimum Gasteiger partial charge on any atom is -0.478 e. The van der Waals surface area contributed by atoms with E-state index in [1.165, 1.54) is 24.1 Å². The number of urea groups is 1. The highest BCUT2D eigenvalue weighted by Crippen LogP contribution is 2.45. The fourth-order valence-corrected chi connectivity index (χ4v) is 5.89. The van der Waals surface area contributed by atoms with Crippen molar-refractivity contribution in [2.45, 2.75) is 38.0 Å². The number of rotatable bonds is 8. The van der Waals surface area contributed by atoms with Crippen LogP contribution in [0.15, 0.2) is 76.6 Å². The van der Waals surface area contributed by atoms with Gasteiger partial charge in [-0.3, -0.25) is 9.69 Å². The summed E-state index contributed by atoms with van der Waals surface area (Å²) >= 11 is 0. The summed E-state index contributed by atoms with van der Waals surface area (Å²) < 4.78 is 33.9. The summed E-state index contributed by atoms with van der Waals surface area (Å²) in [4.78, 5) is 47.2. The average molecular weight is 621 g/mol. The zero-order valence-corrected chi connectivity index (χ0v) is 24.9. The van der Waals surface area contributed by atoms with E-state index in [0.717, 1.165) is 17.3 Å². The first kappa shape index (κ1) is 29.9. The number of carboxylic acids is 1. The number of likely N-dealkylation sites (N-methyl/N-ethyl adjacent to an activating group) is 2. The Morgan fingerprint density at radius 2 is 1.91 bits per heavy atom. The summed E-state index contributed by atoms with van der Waals surface area (Å²) in [6.45, 7) is 2.54. The molecule has 14 heteroatoms. The number of carboxylic acid groups (broad SMARTS) is 1. The normalized spacial score (nSPS) is 23.4. The van der Waals surface area contributed by atoms with Gasteiger partial charge in [0, 0.05) is 38.8 Å². The van der Waals surface area contributed by atoms with Crippen LogP contribution < -0.4 is 10.6 Å². The van der Waals surface area contributed by atoms with E-state index < -0.39 is 47.4 Å². The van der Waals surface area contributed by atoms with E-state index in [4.69, 9.17) is 14.2 Å². The Balaban J connectivity index is 1.30. The van der Waals surface area contributed by atoms with E-state index >= 15 is 0 Å². The van der Waals surface area contributed by atoms with Crippen molar-refractivity contribution < 1.29 is 38.1 Å². The second kappa shape index (κ2) is 12.1. The van der Waals surface area contributed by atoms with Gasteiger partial charge in [0.15, 0.2) is 23.4 Å². The number of carbonyl (C=O) groups excluding carboxylic acids is 2. The van der Waals surface area contributed by atoms with Gasteiger partial charge in [0.05, 0.1) is 36.1 Å². The van der Waals surface area contributed by atoms with Gasteiger partial charge >= 0.3 is 12.0 Å². The fraction of sp³-hybridized carbons (Fsp3) is 0.355. The minimum absolute atomic E-state index is 0.153. The lowest BCUT2D eigenvalue weighted by molar-refractivity contribution is -0.125. The van der Waals surface area contributed by atoms with Crippen LogP contribution >= 0.6 is 0 Å². The van der Waals surface area contributed by atoms with Crippen molar-refractivity contribution in [3.05, 3.63) is 94.1 Å². The molecule has 45 heavy (non-hydrogen) atoms. The molecule has 1 saturated heterocycles. The van der Waals surface area contributed by atoms with Gasteiger partial charge in [0.2, 0.25) is 12.5 Å². The van der Waals surface area contributed by atoms with Gasteiger partial charge in [-0.15, -0.1) is 0 Å². The summed E-state index contributed by atoms with van der Waals surface area (Å²) in [6.07, 6.45) is 0.0182. The SMILES string of the molecule is CCNC(=O)NC1CC=NC2=C1N(C)CN2C1OC(CN(C)C(=O)c2c(F)cccc2C(=O)O)=C2O[C@H](c3ccccc3)OC21. The van der Waals surface area contributed by atoms with Gasteiger partial charge in [-0.05, 0) is 19.1 Å². The molecule has 0 bridgehead atoms. The molecule has 236 valence electrons. The lowest BCUT2D eigenvalue weighted by atomic mass is 10.1. The van der Waals surface area contributed by atoms with E-state index in [1.807, 2.05) is 54.1 Å². The van der Waals surface area contributed by atoms with Gasteiger partial charge in [0.25, 0.3) is 5.91 Å². The van der Waals surface area contributed by atoms with Crippen molar-refractivity contribution >= 4 is 24.1 Å². The molecule has 0 saturated carbocycles. The first-order valence-corrected chi connectivity index (χ1v) is 14.5. The highest BCUT2D eigenvalue weighted by Gasteiger charge is 2.52. The summed E-state index contributed by atoms with van der Waals surface area (Å²) in [5.41, 5.74) is 0.601. The van der Waals surface area contributed by atoms with Crippen molar-refractivity contribution in [3.63, 3.8) is 0 Å². The number of aliphatic imine (C=N–C) groups is 1. The number of carbonyl (C=O) groups is 3. The molecule has 3 amide bonds. The minimum atomic E-state index is -1.42. The Bertz CT molecular complexity index is 1610. The molecule has 4 aliphatic heterocycles. The molecule has 13 nitrogen and oxygen atoms in total. The van der Waals surface area contributed by atoms with Gasteiger partial charge in [-0.1, -0.05) is 36.4 Å². The van der Waals surface area contributed by atoms with Crippen LogP contribution in [0, 0.1) is 5.82 Å². The molecule has 4 aliphatic rings. The third-order valence-corrected chi connectivity index (χ3v) is 7.93. The molecule has 6 rings (SSSR count). The van der Waals surface area contributed by atoms with Crippen LogP contribution in [0.25, 0.3) is 0 Å². The maximum atomic E-state index is 14.7. The number of aromatic carboxylic acids is 1. The molecular weight excluding hydrogens is 587 g/mol. The lowest BCUT2D eigenvalue weighted by Crippen LogP contribution is -2.45. The number of hydrogen-bond acceptors (Lipinski definition) is 9. The standard InChI is InChI=1S/C31H33FN6O7/c1-4-33-31(42)35-20-13-14-34-26-23(20)37(3)16-38(26)28-25-24(44-30(45-25)17-9-6-5-7-10-17)21(43-28)15-36(2)27(39)22-18(29(40)41)11-8-12-19(22)32/h5-12,14,20,25,28,30H,4,13,15-16H2,1-3H3,(H,40,41)(H2,33,35,42)/t20?,25?,28?,30-/m0/s1. The van der Waals surface area contributed by atoms with E-state index in [0.29, 0.717) is 31.2 Å². The number of nitrogens with one attached hydrogen (secondary N) is 2. The molecule has 2 aromatic rings. The van der Waals surface area contributed by atoms with Crippen molar-refractivity contribution in [2.24, 2.45) is 4.99 Å². The third-order valence-electron chi connectivity index (χ3n) is 7.93. The monoisotopic (exact) mass is 620 g/mol. The van der Waals surface area contributed by atoms with Crippen LogP contribution in [0.2, 0.25) is 0 Å². The lowest BCUT2D eigenvalue weighted by Gasteiger charge is -2.30. The molecule has 0 radical (unpaired) electrons.